The molecular formula is C11H15N3O2. The first-order chi connectivity index (χ1) is 7.79. The molecule has 2 heterocycles. The van der Waals surface area contributed by atoms with Gasteiger partial charge in [-0.15, -0.1) is 0 Å². The summed E-state index contributed by atoms with van der Waals surface area (Å²) in [6, 6.07) is 3.40. The van der Waals surface area contributed by atoms with Crippen LogP contribution in [0.4, 0.5) is 5.82 Å². The normalized spacial score (nSPS) is 16.9. The van der Waals surface area contributed by atoms with E-state index >= 15 is 0 Å². The maximum atomic E-state index is 11.3. The van der Waals surface area contributed by atoms with E-state index in [4.69, 9.17) is 10.5 Å². The van der Waals surface area contributed by atoms with E-state index in [0.717, 1.165) is 26.0 Å². The third kappa shape index (κ3) is 2.30. The summed E-state index contributed by atoms with van der Waals surface area (Å²) in [7, 11) is 0. The molecule has 0 saturated carbocycles. The molecule has 5 heteroatoms. The van der Waals surface area contributed by atoms with Crippen molar-refractivity contribution in [2.24, 2.45) is 5.73 Å². The summed E-state index contributed by atoms with van der Waals surface area (Å²) < 4.78 is 5.43. The van der Waals surface area contributed by atoms with Gasteiger partial charge in [-0.25, -0.2) is 4.98 Å². The molecule has 16 heavy (non-hydrogen) atoms. The van der Waals surface area contributed by atoms with Crippen LogP contribution < -0.4 is 10.6 Å². The molecule has 0 aromatic carbocycles. The fourth-order valence-electron chi connectivity index (χ4n) is 1.75. The van der Waals surface area contributed by atoms with Crippen LogP contribution in [0.2, 0.25) is 0 Å². The van der Waals surface area contributed by atoms with Gasteiger partial charge >= 0.3 is 0 Å². The van der Waals surface area contributed by atoms with E-state index in [1.165, 1.54) is 0 Å². The molecule has 2 rings (SSSR count). The average Bonchev–Trinajstić information content (AvgIpc) is 2.57. The third-order valence-electron chi connectivity index (χ3n) is 2.57. The standard InChI is InChI=1S/C11H15N3O2/c12-10(15)9-4-3-5-13-11(9)14-6-1-2-7-16-8-14/h3-5H,1-2,6-8H2,(H2,12,15). The highest BCUT2D eigenvalue weighted by Crippen LogP contribution is 2.18. The molecule has 0 atom stereocenters. The molecule has 86 valence electrons. The van der Waals surface area contributed by atoms with Crippen molar-refractivity contribution in [3.05, 3.63) is 23.9 Å². The second-order valence-corrected chi connectivity index (χ2v) is 3.75. The van der Waals surface area contributed by atoms with Gasteiger partial charge in [-0.05, 0) is 25.0 Å². The molecule has 0 radical (unpaired) electrons. The minimum Gasteiger partial charge on any atom is -0.365 e. The largest absolute Gasteiger partial charge is 0.365 e. The molecule has 1 aliphatic rings. The molecule has 1 fully saturated rings. The van der Waals surface area contributed by atoms with Crippen LogP contribution in [0.3, 0.4) is 0 Å². The number of nitrogens with zero attached hydrogens (tertiary/aromatic N) is 2. The number of hydrogen-bond donors (Lipinski definition) is 1. The summed E-state index contributed by atoms with van der Waals surface area (Å²) in [6.07, 6.45) is 3.73. The van der Waals surface area contributed by atoms with Crippen molar-refractivity contribution in [1.82, 2.24) is 4.98 Å². The quantitative estimate of drug-likeness (QED) is 0.800. The second-order valence-electron chi connectivity index (χ2n) is 3.75. The van der Waals surface area contributed by atoms with Crippen molar-refractivity contribution in [3.63, 3.8) is 0 Å². The molecule has 1 aromatic heterocycles. The lowest BCUT2D eigenvalue weighted by molar-refractivity contribution is 0.0999. The summed E-state index contributed by atoms with van der Waals surface area (Å²) in [6.45, 7) is 2.07. The van der Waals surface area contributed by atoms with Crippen LogP contribution >= 0.6 is 0 Å². The molecule has 0 unspecified atom stereocenters. The number of amides is 1. The van der Waals surface area contributed by atoms with E-state index in [-0.39, 0.29) is 0 Å². The minimum atomic E-state index is -0.452. The highest BCUT2D eigenvalue weighted by Gasteiger charge is 2.17. The fraction of sp³-hybridized carbons (Fsp3) is 0.455. The molecule has 5 nitrogen and oxygen atoms in total. The Labute approximate surface area is 94.2 Å². The van der Waals surface area contributed by atoms with E-state index < -0.39 is 5.91 Å². The van der Waals surface area contributed by atoms with Gasteiger partial charge in [-0.1, -0.05) is 0 Å². The Morgan fingerprint density at radius 3 is 3.19 bits per heavy atom. The Morgan fingerprint density at radius 2 is 2.38 bits per heavy atom. The monoisotopic (exact) mass is 221 g/mol. The number of anilines is 1. The lowest BCUT2D eigenvalue weighted by Gasteiger charge is -2.22. The number of primary amides is 1. The number of nitrogens with two attached hydrogens (primary N) is 1. The predicted molar refractivity (Wildman–Crippen MR) is 60.2 cm³/mol. The SMILES string of the molecule is NC(=O)c1cccnc1N1CCCCOC1. The highest BCUT2D eigenvalue weighted by atomic mass is 16.5. The maximum Gasteiger partial charge on any atom is 0.252 e. The van der Waals surface area contributed by atoms with Gasteiger partial charge in [0, 0.05) is 19.3 Å². The van der Waals surface area contributed by atoms with Crippen molar-refractivity contribution in [1.29, 1.82) is 0 Å². The lowest BCUT2D eigenvalue weighted by atomic mass is 10.2. The smallest absolute Gasteiger partial charge is 0.252 e. The predicted octanol–water partition coefficient (Wildman–Crippen LogP) is 0.755. The lowest BCUT2D eigenvalue weighted by Crippen LogP contribution is -2.29. The summed E-state index contributed by atoms with van der Waals surface area (Å²) in [4.78, 5) is 17.4. The minimum absolute atomic E-state index is 0.452. The molecule has 1 saturated heterocycles. The first-order valence-corrected chi connectivity index (χ1v) is 5.36. The third-order valence-corrected chi connectivity index (χ3v) is 2.57. The summed E-state index contributed by atoms with van der Waals surface area (Å²) in [5, 5.41) is 0. The van der Waals surface area contributed by atoms with Crippen molar-refractivity contribution < 1.29 is 9.53 Å². The average molecular weight is 221 g/mol. The van der Waals surface area contributed by atoms with E-state index in [2.05, 4.69) is 4.98 Å². The van der Waals surface area contributed by atoms with Crippen LogP contribution in [0.5, 0.6) is 0 Å². The van der Waals surface area contributed by atoms with Gasteiger partial charge in [-0.3, -0.25) is 4.79 Å². The van der Waals surface area contributed by atoms with Gasteiger partial charge in [0.05, 0.1) is 5.56 Å². The fourth-order valence-corrected chi connectivity index (χ4v) is 1.75. The van der Waals surface area contributed by atoms with Gasteiger partial charge in [-0.2, -0.15) is 0 Å². The first kappa shape index (κ1) is 10.9. The number of hydrogen-bond acceptors (Lipinski definition) is 4. The number of rotatable bonds is 2. The van der Waals surface area contributed by atoms with Crippen molar-refractivity contribution >= 4 is 11.7 Å². The Bertz CT molecular complexity index is 373. The van der Waals surface area contributed by atoms with Crippen LogP contribution in [0.1, 0.15) is 23.2 Å². The van der Waals surface area contributed by atoms with Crippen LogP contribution in [-0.4, -0.2) is 30.8 Å². The van der Waals surface area contributed by atoms with Gasteiger partial charge < -0.3 is 15.4 Å². The van der Waals surface area contributed by atoms with E-state index in [0.29, 0.717) is 18.1 Å². The number of carbonyl (C=O) groups is 1. The molecule has 0 spiro atoms. The van der Waals surface area contributed by atoms with Crippen LogP contribution in [0.15, 0.2) is 18.3 Å². The summed E-state index contributed by atoms with van der Waals surface area (Å²) >= 11 is 0. The Hall–Kier alpha value is -1.62. The van der Waals surface area contributed by atoms with Crippen molar-refractivity contribution in [2.75, 3.05) is 24.8 Å². The van der Waals surface area contributed by atoms with Crippen LogP contribution in [0.25, 0.3) is 0 Å². The molecule has 1 aromatic rings. The molecule has 0 bridgehead atoms. The summed E-state index contributed by atoms with van der Waals surface area (Å²) in [5.74, 6) is 0.171. The maximum absolute atomic E-state index is 11.3. The summed E-state index contributed by atoms with van der Waals surface area (Å²) in [5.41, 5.74) is 5.77. The van der Waals surface area contributed by atoms with Gasteiger partial charge in [0.1, 0.15) is 12.5 Å². The zero-order valence-electron chi connectivity index (χ0n) is 9.06. The van der Waals surface area contributed by atoms with E-state index in [1.807, 2.05) is 4.90 Å². The van der Waals surface area contributed by atoms with Crippen LogP contribution in [-0.2, 0) is 4.74 Å². The Kier molecular flexibility index (Phi) is 3.36. The van der Waals surface area contributed by atoms with Crippen LogP contribution in [0, 0.1) is 0 Å². The zero-order valence-corrected chi connectivity index (χ0v) is 9.06. The van der Waals surface area contributed by atoms with Crippen molar-refractivity contribution in [3.8, 4) is 0 Å². The Balaban J connectivity index is 2.27. The van der Waals surface area contributed by atoms with Gasteiger partial charge in [0.15, 0.2) is 0 Å². The second kappa shape index (κ2) is 4.94. The van der Waals surface area contributed by atoms with Crippen molar-refractivity contribution in [2.45, 2.75) is 12.8 Å². The first-order valence-electron chi connectivity index (χ1n) is 5.36. The molecule has 0 aliphatic carbocycles. The number of ether oxygens (including phenoxy) is 1. The van der Waals surface area contributed by atoms with E-state index in [9.17, 15) is 4.79 Å². The topological polar surface area (TPSA) is 68.5 Å². The zero-order chi connectivity index (χ0) is 11.4. The molecular weight excluding hydrogens is 206 g/mol. The Morgan fingerprint density at radius 1 is 1.50 bits per heavy atom. The number of carbonyl (C=O) groups excluding carboxylic acids is 1. The highest BCUT2D eigenvalue weighted by molar-refractivity contribution is 5.97. The molecule has 1 aliphatic heterocycles. The van der Waals surface area contributed by atoms with E-state index in [1.54, 1.807) is 18.3 Å². The van der Waals surface area contributed by atoms with Gasteiger partial charge in [0.25, 0.3) is 5.91 Å². The van der Waals surface area contributed by atoms with Gasteiger partial charge in [0.2, 0.25) is 0 Å². The molecule has 1 amide bonds. The molecule has 2 N–H and O–H groups in total. The number of aromatic nitrogens is 1. The number of pyridine rings is 1.